The zero-order valence-corrected chi connectivity index (χ0v) is 16.7. The van der Waals surface area contributed by atoms with Crippen LogP contribution in [0.25, 0.3) is 11.4 Å². The molecule has 1 N–H and O–H groups in total. The van der Waals surface area contributed by atoms with Gasteiger partial charge in [0.05, 0.1) is 21.4 Å². The van der Waals surface area contributed by atoms with Gasteiger partial charge >= 0.3 is 0 Å². The number of hydrogen-bond acceptors (Lipinski definition) is 6. The molecule has 0 radical (unpaired) electrons. The highest BCUT2D eigenvalue weighted by Gasteiger charge is 2.16. The van der Waals surface area contributed by atoms with E-state index in [2.05, 4.69) is 22.1 Å². The summed E-state index contributed by atoms with van der Waals surface area (Å²) in [4.78, 5) is 22.5. The first kappa shape index (κ1) is 20.6. The lowest BCUT2D eigenvalue weighted by Crippen LogP contribution is -2.15. The number of carbonyl (C=O) groups excluding carboxylic acids is 1. The third-order valence-electron chi connectivity index (χ3n) is 3.83. The molecule has 2 aromatic carbocycles. The molecule has 0 saturated carbocycles. The van der Waals surface area contributed by atoms with Crippen molar-refractivity contribution in [3.63, 3.8) is 0 Å². The fourth-order valence-corrected chi connectivity index (χ4v) is 3.50. The average Bonchev–Trinajstić information content (AvgIpc) is 3.11. The maximum Gasteiger partial charge on any atom is 0.271 e. The van der Waals surface area contributed by atoms with Crippen molar-refractivity contribution in [1.29, 1.82) is 0 Å². The standard InChI is InChI=1S/C19H16ClN5O3S/c1-2-10-24-18(13-6-4-3-5-7-13)22-23-19(24)29-12-17(26)21-16-9-8-14(25(27)28)11-15(16)20/h2-9,11H,1,10,12H2,(H,21,26). The second kappa shape index (κ2) is 9.35. The Morgan fingerprint density at radius 3 is 2.69 bits per heavy atom. The van der Waals surface area contributed by atoms with E-state index in [-0.39, 0.29) is 22.4 Å². The maximum atomic E-state index is 12.3. The normalized spacial score (nSPS) is 10.5. The Bertz CT molecular complexity index is 1060. The number of benzene rings is 2. The summed E-state index contributed by atoms with van der Waals surface area (Å²) in [5.41, 5.74) is 1.07. The lowest BCUT2D eigenvalue weighted by molar-refractivity contribution is -0.384. The Hall–Kier alpha value is -3.17. The van der Waals surface area contributed by atoms with Gasteiger partial charge in [-0.3, -0.25) is 19.5 Å². The first-order valence-electron chi connectivity index (χ1n) is 8.45. The Morgan fingerprint density at radius 2 is 2.03 bits per heavy atom. The van der Waals surface area contributed by atoms with Crippen molar-refractivity contribution in [2.75, 3.05) is 11.1 Å². The predicted molar refractivity (Wildman–Crippen MR) is 113 cm³/mol. The molecule has 1 aromatic heterocycles. The number of nitro benzene ring substituents is 1. The predicted octanol–water partition coefficient (Wildman–Crippen LogP) is 4.42. The van der Waals surface area contributed by atoms with Gasteiger partial charge in [-0.25, -0.2) is 0 Å². The van der Waals surface area contributed by atoms with Crippen molar-refractivity contribution >= 4 is 40.6 Å². The van der Waals surface area contributed by atoms with Crippen LogP contribution >= 0.6 is 23.4 Å². The fraction of sp³-hybridized carbons (Fsp3) is 0.105. The molecule has 1 heterocycles. The smallest absolute Gasteiger partial charge is 0.271 e. The number of thioether (sulfide) groups is 1. The van der Waals surface area contributed by atoms with Crippen molar-refractivity contribution in [1.82, 2.24) is 14.8 Å². The van der Waals surface area contributed by atoms with Gasteiger partial charge in [-0.2, -0.15) is 0 Å². The monoisotopic (exact) mass is 429 g/mol. The fourth-order valence-electron chi connectivity index (χ4n) is 2.53. The number of allylic oxidation sites excluding steroid dienone is 1. The number of rotatable bonds is 8. The Balaban J connectivity index is 1.70. The number of amides is 1. The highest BCUT2D eigenvalue weighted by molar-refractivity contribution is 7.99. The van der Waals surface area contributed by atoms with Gasteiger partial charge < -0.3 is 5.32 Å². The second-order valence-corrected chi connectivity index (χ2v) is 7.18. The summed E-state index contributed by atoms with van der Waals surface area (Å²) in [6.45, 7) is 4.26. The van der Waals surface area contributed by atoms with Gasteiger partial charge in [0.15, 0.2) is 11.0 Å². The number of carbonyl (C=O) groups is 1. The molecular formula is C19H16ClN5O3S. The summed E-state index contributed by atoms with van der Waals surface area (Å²) in [7, 11) is 0. The topological polar surface area (TPSA) is 103 Å². The van der Waals surface area contributed by atoms with E-state index in [1.165, 1.54) is 30.0 Å². The summed E-state index contributed by atoms with van der Waals surface area (Å²) >= 11 is 7.23. The van der Waals surface area contributed by atoms with E-state index < -0.39 is 4.92 Å². The van der Waals surface area contributed by atoms with Crippen LogP contribution < -0.4 is 5.32 Å². The molecule has 10 heteroatoms. The van der Waals surface area contributed by atoms with Crippen LogP contribution in [-0.4, -0.2) is 31.3 Å². The van der Waals surface area contributed by atoms with Gasteiger partial charge in [0.2, 0.25) is 5.91 Å². The molecule has 0 spiro atoms. The van der Waals surface area contributed by atoms with E-state index in [0.717, 1.165) is 5.56 Å². The quantitative estimate of drug-likeness (QED) is 0.246. The third kappa shape index (κ3) is 5.01. The van der Waals surface area contributed by atoms with E-state index in [1.807, 2.05) is 34.9 Å². The van der Waals surface area contributed by atoms with Gasteiger partial charge in [-0.15, -0.1) is 16.8 Å². The first-order chi connectivity index (χ1) is 14.0. The van der Waals surface area contributed by atoms with Gasteiger partial charge in [-0.1, -0.05) is 59.8 Å². The summed E-state index contributed by atoms with van der Waals surface area (Å²) in [5, 5.41) is 22.5. The van der Waals surface area contributed by atoms with E-state index in [1.54, 1.807) is 6.08 Å². The minimum absolute atomic E-state index is 0.0668. The van der Waals surface area contributed by atoms with Crippen molar-refractivity contribution in [3.8, 4) is 11.4 Å². The van der Waals surface area contributed by atoms with Crippen molar-refractivity contribution in [2.24, 2.45) is 0 Å². The summed E-state index contributed by atoms with van der Waals surface area (Å²) in [6, 6.07) is 13.5. The summed E-state index contributed by atoms with van der Waals surface area (Å²) < 4.78 is 1.87. The third-order valence-corrected chi connectivity index (χ3v) is 5.11. The Kier molecular flexibility index (Phi) is 6.63. The number of nitrogens with zero attached hydrogens (tertiary/aromatic N) is 4. The van der Waals surface area contributed by atoms with E-state index in [0.29, 0.717) is 23.2 Å². The van der Waals surface area contributed by atoms with Crippen molar-refractivity contribution < 1.29 is 9.72 Å². The van der Waals surface area contributed by atoms with Crippen LogP contribution in [0, 0.1) is 10.1 Å². The van der Waals surface area contributed by atoms with Crippen LogP contribution in [0.5, 0.6) is 0 Å². The van der Waals surface area contributed by atoms with Crippen molar-refractivity contribution in [3.05, 3.63) is 76.3 Å². The second-order valence-electron chi connectivity index (χ2n) is 5.83. The lowest BCUT2D eigenvalue weighted by Gasteiger charge is -2.09. The molecule has 148 valence electrons. The lowest BCUT2D eigenvalue weighted by atomic mass is 10.2. The molecule has 3 aromatic rings. The van der Waals surface area contributed by atoms with E-state index >= 15 is 0 Å². The van der Waals surface area contributed by atoms with Gasteiger partial charge in [-0.05, 0) is 6.07 Å². The van der Waals surface area contributed by atoms with Gasteiger partial charge in [0.1, 0.15) is 0 Å². The molecule has 3 rings (SSSR count). The molecule has 0 unspecified atom stereocenters. The van der Waals surface area contributed by atoms with Crippen LogP contribution in [0.4, 0.5) is 11.4 Å². The highest BCUT2D eigenvalue weighted by Crippen LogP contribution is 2.28. The minimum atomic E-state index is -0.552. The Labute approximate surface area is 175 Å². The number of anilines is 1. The molecule has 29 heavy (non-hydrogen) atoms. The summed E-state index contributed by atoms with van der Waals surface area (Å²) in [5.74, 6) is 0.434. The van der Waals surface area contributed by atoms with Gasteiger partial charge in [0.25, 0.3) is 5.69 Å². The molecule has 0 fully saturated rings. The zero-order chi connectivity index (χ0) is 20.8. The molecular weight excluding hydrogens is 414 g/mol. The minimum Gasteiger partial charge on any atom is -0.324 e. The maximum absolute atomic E-state index is 12.3. The van der Waals surface area contributed by atoms with Crippen LogP contribution in [0.1, 0.15) is 0 Å². The Morgan fingerprint density at radius 1 is 1.28 bits per heavy atom. The van der Waals surface area contributed by atoms with E-state index in [9.17, 15) is 14.9 Å². The summed E-state index contributed by atoms with van der Waals surface area (Å²) in [6.07, 6.45) is 1.73. The van der Waals surface area contributed by atoms with Crippen LogP contribution in [0.2, 0.25) is 5.02 Å². The molecule has 0 saturated heterocycles. The number of nitro groups is 1. The SMILES string of the molecule is C=CCn1c(SCC(=O)Nc2ccc([N+](=O)[O-])cc2Cl)nnc1-c1ccccc1. The number of halogens is 1. The van der Waals surface area contributed by atoms with Crippen LogP contribution in [-0.2, 0) is 11.3 Å². The number of aromatic nitrogens is 3. The van der Waals surface area contributed by atoms with Crippen molar-refractivity contribution in [2.45, 2.75) is 11.7 Å². The number of non-ortho nitro benzene ring substituents is 1. The number of hydrogen-bond donors (Lipinski definition) is 1. The molecule has 0 aliphatic rings. The van der Waals surface area contributed by atoms with E-state index in [4.69, 9.17) is 11.6 Å². The highest BCUT2D eigenvalue weighted by atomic mass is 35.5. The first-order valence-corrected chi connectivity index (χ1v) is 9.82. The van der Waals surface area contributed by atoms with Crippen LogP contribution in [0.15, 0.2) is 66.3 Å². The molecule has 0 bridgehead atoms. The van der Waals surface area contributed by atoms with Crippen LogP contribution in [0.3, 0.4) is 0 Å². The number of nitrogens with one attached hydrogen (secondary N) is 1. The molecule has 0 aliphatic carbocycles. The molecule has 1 amide bonds. The average molecular weight is 430 g/mol. The molecule has 0 atom stereocenters. The largest absolute Gasteiger partial charge is 0.324 e. The molecule has 0 aliphatic heterocycles. The molecule has 8 nitrogen and oxygen atoms in total. The van der Waals surface area contributed by atoms with Gasteiger partial charge in [0, 0.05) is 24.2 Å². The zero-order valence-electron chi connectivity index (χ0n) is 15.1.